The van der Waals surface area contributed by atoms with Crippen molar-refractivity contribution in [3.8, 4) is 5.75 Å². The molecule has 24 heavy (non-hydrogen) atoms. The molecular weight excluding hydrogens is 324 g/mol. The van der Waals surface area contributed by atoms with E-state index in [1.807, 2.05) is 18.2 Å². The van der Waals surface area contributed by atoms with Crippen molar-refractivity contribution >= 4 is 12.4 Å². The number of benzene rings is 2. The first-order chi connectivity index (χ1) is 11.4. The lowest BCUT2D eigenvalue weighted by Crippen LogP contribution is -2.47. The van der Waals surface area contributed by atoms with Gasteiger partial charge < -0.3 is 9.47 Å². The van der Waals surface area contributed by atoms with E-state index < -0.39 is 0 Å². The number of rotatable bonds is 7. The molecule has 5 heteroatoms. The smallest absolute Gasteiger partial charge is 0.122 e. The summed E-state index contributed by atoms with van der Waals surface area (Å²) in [6.07, 6.45) is 0.897. The third kappa shape index (κ3) is 5.80. The summed E-state index contributed by atoms with van der Waals surface area (Å²) in [4.78, 5) is 0. The van der Waals surface area contributed by atoms with Gasteiger partial charge in [0.1, 0.15) is 12.4 Å². The quantitative estimate of drug-likeness (QED) is 0.780. The number of nitrogens with one attached hydrogen (secondary N) is 1. The van der Waals surface area contributed by atoms with Crippen LogP contribution in [0, 0.1) is 0 Å². The van der Waals surface area contributed by atoms with Gasteiger partial charge in [-0.3, -0.25) is 5.43 Å². The van der Waals surface area contributed by atoms with Gasteiger partial charge in [0.05, 0.1) is 13.2 Å². The summed E-state index contributed by atoms with van der Waals surface area (Å²) in [5.74, 6) is 0.972. The number of para-hydroxylation sites is 1. The molecule has 0 saturated carbocycles. The van der Waals surface area contributed by atoms with Crippen molar-refractivity contribution in [1.82, 2.24) is 10.4 Å². The SMILES string of the molecule is Cl.c1ccc(Cc2ccccc2OCCNN2CCOCC2)cc1. The van der Waals surface area contributed by atoms with Crippen LogP contribution in [-0.2, 0) is 11.2 Å². The molecule has 1 fully saturated rings. The van der Waals surface area contributed by atoms with E-state index in [0.717, 1.165) is 45.0 Å². The lowest BCUT2D eigenvalue weighted by Gasteiger charge is -2.27. The van der Waals surface area contributed by atoms with E-state index in [1.165, 1.54) is 11.1 Å². The van der Waals surface area contributed by atoms with E-state index in [2.05, 4.69) is 46.8 Å². The van der Waals surface area contributed by atoms with Gasteiger partial charge in [0.2, 0.25) is 0 Å². The molecule has 1 aliphatic heterocycles. The molecule has 0 unspecified atom stereocenters. The van der Waals surface area contributed by atoms with Gasteiger partial charge in [0.15, 0.2) is 0 Å². The molecule has 3 rings (SSSR count). The number of hydrogen-bond donors (Lipinski definition) is 1. The van der Waals surface area contributed by atoms with Crippen molar-refractivity contribution in [3.05, 3.63) is 65.7 Å². The Morgan fingerprint density at radius 3 is 2.46 bits per heavy atom. The van der Waals surface area contributed by atoms with Crippen LogP contribution in [0.2, 0.25) is 0 Å². The maximum absolute atomic E-state index is 5.98. The fraction of sp³-hybridized carbons (Fsp3) is 0.368. The number of morpholine rings is 1. The summed E-state index contributed by atoms with van der Waals surface area (Å²) in [7, 11) is 0. The van der Waals surface area contributed by atoms with Crippen LogP contribution in [-0.4, -0.2) is 44.5 Å². The first kappa shape index (κ1) is 18.7. The third-order valence-corrected chi connectivity index (χ3v) is 3.92. The van der Waals surface area contributed by atoms with Crippen molar-refractivity contribution in [2.45, 2.75) is 6.42 Å². The lowest BCUT2D eigenvalue weighted by atomic mass is 10.0. The largest absolute Gasteiger partial charge is 0.492 e. The second-order valence-electron chi connectivity index (χ2n) is 5.63. The van der Waals surface area contributed by atoms with Gasteiger partial charge in [-0.2, -0.15) is 0 Å². The number of hydrogen-bond acceptors (Lipinski definition) is 4. The predicted molar refractivity (Wildman–Crippen MR) is 98.8 cm³/mol. The van der Waals surface area contributed by atoms with E-state index in [1.54, 1.807) is 0 Å². The molecule has 0 radical (unpaired) electrons. The summed E-state index contributed by atoms with van der Waals surface area (Å²) in [6, 6.07) is 18.8. The second-order valence-corrected chi connectivity index (χ2v) is 5.63. The van der Waals surface area contributed by atoms with Gasteiger partial charge in [-0.1, -0.05) is 48.5 Å². The second kappa shape index (κ2) is 10.3. The molecule has 1 heterocycles. The van der Waals surface area contributed by atoms with Gasteiger partial charge >= 0.3 is 0 Å². The number of hydrazine groups is 1. The van der Waals surface area contributed by atoms with E-state index in [0.29, 0.717) is 6.61 Å². The van der Waals surface area contributed by atoms with Crippen molar-refractivity contribution in [2.24, 2.45) is 0 Å². The average molecular weight is 349 g/mol. The number of halogens is 1. The molecule has 0 bridgehead atoms. The van der Waals surface area contributed by atoms with Crippen LogP contribution in [0.15, 0.2) is 54.6 Å². The van der Waals surface area contributed by atoms with E-state index >= 15 is 0 Å². The predicted octanol–water partition coefficient (Wildman–Crippen LogP) is 2.91. The van der Waals surface area contributed by atoms with Crippen LogP contribution in [0.25, 0.3) is 0 Å². The van der Waals surface area contributed by atoms with Crippen molar-refractivity contribution in [2.75, 3.05) is 39.5 Å². The van der Waals surface area contributed by atoms with E-state index in [-0.39, 0.29) is 12.4 Å². The van der Waals surface area contributed by atoms with E-state index in [4.69, 9.17) is 9.47 Å². The molecule has 1 N–H and O–H groups in total. The summed E-state index contributed by atoms with van der Waals surface area (Å²) in [5, 5.41) is 2.20. The molecule has 4 nitrogen and oxygen atoms in total. The lowest BCUT2D eigenvalue weighted by molar-refractivity contribution is 0.0100. The summed E-state index contributed by atoms with van der Waals surface area (Å²) in [6.45, 7) is 4.93. The van der Waals surface area contributed by atoms with Crippen molar-refractivity contribution < 1.29 is 9.47 Å². The van der Waals surface area contributed by atoms with Crippen LogP contribution in [0.1, 0.15) is 11.1 Å². The van der Waals surface area contributed by atoms with Gasteiger partial charge in [-0.05, 0) is 17.2 Å². The van der Waals surface area contributed by atoms with E-state index in [9.17, 15) is 0 Å². The summed E-state index contributed by atoms with van der Waals surface area (Å²) in [5.41, 5.74) is 5.92. The Bertz CT molecular complexity index is 589. The fourth-order valence-electron chi connectivity index (χ4n) is 2.69. The first-order valence-electron chi connectivity index (χ1n) is 8.22. The standard InChI is InChI=1S/C19H24N2O2.ClH/c1-2-6-17(7-3-1)16-18-8-4-5-9-19(18)23-13-10-20-21-11-14-22-15-12-21;/h1-9,20H,10-16H2;1H. The average Bonchev–Trinajstić information content (AvgIpc) is 2.62. The first-order valence-corrected chi connectivity index (χ1v) is 8.22. The molecule has 0 amide bonds. The molecule has 0 aromatic heterocycles. The molecule has 0 atom stereocenters. The van der Waals surface area contributed by atoms with Gasteiger partial charge in [0, 0.05) is 26.1 Å². The normalized spacial score (nSPS) is 14.8. The molecule has 2 aromatic carbocycles. The monoisotopic (exact) mass is 348 g/mol. The van der Waals surface area contributed by atoms with Gasteiger partial charge in [-0.15, -0.1) is 12.4 Å². The Hall–Kier alpha value is -1.59. The Morgan fingerprint density at radius 1 is 0.958 bits per heavy atom. The number of nitrogens with zero attached hydrogens (tertiary/aromatic N) is 1. The highest BCUT2D eigenvalue weighted by molar-refractivity contribution is 5.85. The number of ether oxygens (including phenoxy) is 2. The maximum Gasteiger partial charge on any atom is 0.122 e. The Kier molecular flexibility index (Phi) is 8.05. The van der Waals surface area contributed by atoms with Gasteiger partial charge in [-0.25, -0.2) is 5.01 Å². The van der Waals surface area contributed by atoms with Crippen LogP contribution in [0.3, 0.4) is 0 Å². The Balaban J connectivity index is 0.00000208. The minimum atomic E-state index is 0. The van der Waals surface area contributed by atoms with Crippen LogP contribution in [0.5, 0.6) is 5.75 Å². The molecule has 2 aromatic rings. The minimum Gasteiger partial charge on any atom is -0.492 e. The highest BCUT2D eigenvalue weighted by Gasteiger charge is 2.09. The van der Waals surface area contributed by atoms with Crippen molar-refractivity contribution in [1.29, 1.82) is 0 Å². The highest BCUT2D eigenvalue weighted by atomic mass is 35.5. The molecular formula is C19H25ClN2O2. The maximum atomic E-state index is 5.98. The zero-order chi connectivity index (χ0) is 15.7. The summed E-state index contributed by atoms with van der Waals surface area (Å²) < 4.78 is 11.3. The minimum absolute atomic E-state index is 0. The molecule has 0 aliphatic carbocycles. The Morgan fingerprint density at radius 2 is 1.67 bits per heavy atom. The third-order valence-electron chi connectivity index (χ3n) is 3.92. The van der Waals surface area contributed by atoms with Crippen LogP contribution in [0.4, 0.5) is 0 Å². The van der Waals surface area contributed by atoms with Crippen LogP contribution < -0.4 is 10.2 Å². The summed E-state index contributed by atoms with van der Waals surface area (Å²) >= 11 is 0. The fourth-order valence-corrected chi connectivity index (χ4v) is 2.69. The van der Waals surface area contributed by atoms with Gasteiger partial charge in [0.25, 0.3) is 0 Å². The molecule has 1 saturated heterocycles. The topological polar surface area (TPSA) is 33.7 Å². The Labute approximate surface area is 150 Å². The highest BCUT2D eigenvalue weighted by Crippen LogP contribution is 2.21. The van der Waals surface area contributed by atoms with Crippen molar-refractivity contribution in [3.63, 3.8) is 0 Å². The zero-order valence-corrected chi connectivity index (χ0v) is 14.6. The molecule has 1 aliphatic rings. The zero-order valence-electron chi connectivity index (χ0n) is 13.8. The molecule has 0 spiro atoms. The van der Waals surface area contributed by atoms with Crippen LogP contribution >= 0.6 is 12.4 Å². The molecule has 130 valence electrons.